The van der Waals surface area contributed by atoms with Crippen molar-refractivity contribution in [1.29, 1.82) is 0 Å². The molecule has 2 unspecified atom stereocenters. The summed E-state index contributed by atoms with van der Waals surface area (Å²) in [7, 11) is 5.68. The fourth-order valence-electron chi connectivity index (χ4n) is 1.88. The van der Waals surface area contributed by atoms with Gasteiger partial charge in [-0.15, -0.1) is 0 Å². The SMILES string of the molecule is C/C=C/C=C/CC(O)CC(=O)OC(CC(=O)O)C[N+](C)(C)C. The van der Waals surface area contributed by atoms with E-state index in [4.69, 9.17) is 9.84 Å². The zero-order valence-corrected chi connectivity index (χ0v) is 13.9. The first-order chi connectivity index (χ1) is 10.1. The molecule has 0 saturated carbocycles. The van der Waals surface area contributed by atoms with Gasteiger partial charge in [0.2, 0.25) is 0 Å². The molecule has 0 spiro atoms. The van der Waals surface area contributed by atoms with Crippen LogP contribution in [0.15, 0.2) is 24.3 Å². The Labute approximate surface area is 132 Å². The molecule has 0 aliphatic carbocycles. The summed E-state index contributed by atoms with van der Waals surface area (Å²) < 4.78 is 5.69. The van der Waals surface area contributed by atoms with Crippen LogP contribution in [0.3, 0.4) is 0 Å². The Kier molecular flexibility index (Phi) is 9.37. The van der Waals surface area contributed by atoms with Gasteiger partial charge in [0.15, 0.2) is 6.10 Å². The first kappa shape index (κ1) is 20.3. The summed E-state index contributed by atoms with van der Waals surface area (Å²) in [6.45, 7) is 2.28. The Morgan fingerprint density at radius 1 is 1.18 bits per heavy atom. The van der Waals surface area contributed by atoms with Crippen LogP contribution < -0.4 is 0 Å². The number of rotatable bonds is 10. The fraction of sp³-hybridized carbons (Fsp3) is 0.625. The van der Waals surface area contributed by atoms with Gasteiger partial charge in [0.1, 0.15) is 6.54 Å². The van der Waals surface area contributed by atoms with Crippen molar-refractivity contribution in [3.63, 3.8) is 0 Å². The van der Waals surface area contributed by atoms with Gasteiger partial charge in [0.25, 0.3) is 0 Å². The van der Waals surface area contributed by atoms with Gasteiger partial charge in [-0.25, -0.2) is 0 Å². The van der Waals surface area contributed by atoms with Crippen LogP contribution in [-0.4, -0.2) is 66.5 Å². The number of carboxylic acids is 1. The second kappa shape index (κ2) is 10.1. The molecule has 0 radical (unpaired) electrons. The molecular weight excluding hydrogens is 286 g/mol. The van der Waals surface area contributed by atoms with Crippen molar-refractivity contribution in [2.75, 3.05) is 27.7 Å². The van der Waals surface area contributed by atoms with Gasteiger partial charge in [-0.3, -0.25) is 9.59 Å². The molecule has 6 heteroatoms. The maximum absolute atomic E-state index is 11.8. The number of hydrogen-bond donors (Lipinski definition) is 2. The number of carbonyl (C=O) groups is 2. The summed E-state index contributed by atoms with van der Waals surface area (Å²) in [6.07, 6.45) is 5.68. The van der Waals surface area contributed by atoms with Gasteiger partial charge in [-0.05, 0) is 13.3 Å². The van der Waals surface area contributed by atoms with Crippen LogP contribution >= 0.6 is 0 Å². The molecule has 0 rings (SSSR count). The average Bonchev–Trinajstić information content (AvgIpc) is 2.31. The van der Waals surface area contributed by atoms with E-state index in [1.165, 1.54) is 0 Å². The maximum atomic E-state index is 11.8. The average molecular weight is 314 g/mol. The van der Waals surface area contributed by atoms with E-state index in [-0.39, 0.29) is 12.8 Å². The van der Waals surface area contributed by atoms with Gasteiger partial charge in [-0.2, -0.15) is 0 Å². The molecule has 0 aliphatic rings. The zero-order valence-electron chi connectivity index (χ0n) is 13.9. The number of nitrogens with zero attached hydrogens (tertiary/aromatic N) is 1. The van der Waals surface area contributed by atoms with E-state index in [9.17, 15) is 14.7 Å². The number of quaternary nitrogens is 1. The number of aliphatic hydroxyl groups excluding tert-OH is 1. The summed E-state index contributed by atoms with van der Waals surface area (Å²) in [5.74, 6) is -1.59. The van der Waals surface area contributed by atoms with E-state index in [0.29, 0.717) is 17.4 Å². The van der Waals surface area contributed by atoms with Crippen LogP contribution in [-0.2, 0) is 14.3 Å². The number of allylic oxidation sites excluding steroid dienone is 3. The lowest BCUT2D eigenvalue weighted by Crippen LogP contribution is -2.44. The third-order valence-electron chi connectivity index (χ3n) is 2.70. The lowest BCUT2D eigenvalue weighted by molar-refractivity contribution is -0.873. The van der Waals surface area contributed by atoms with Crippen LogP contribution in [0, 0.1) is 0 Å². The quantitative estimate of drug-likeness (QED) is 0.361. The lowest BCUT2D eigenvalue weighted by Gasteiger charge is -2.28. The van der Waals surface area contributed by atoms with E-state index < -0.39 is 24.1 Å². The van der Waals surface area contributed by atoms with Gasteiger partial charge in [0.05, 0.1) is 40.1 Å². The molecule has 0 aromatic heterocycles. The molecule has 2 N–H and O–H groups in total. The first-order valence-electron chi connectivity index (χ1n) is 7.31. The number of ether oxygens (including phenoxy) is 1. The Bertz CT molecular complexity index is 409. The number of carbonyl (C=O) groups excluding carboxylic acids is 1. The monoisotopic (exact) mass is 314 g/mol. The highest BCUT2D eigenvalue weighted by Crippen LogP contribution is 2.09. The summed E-state index contributed by atoms with van der Waals surface area (Å²) in [5, 5.41) is 18.6. The standard InChI is InChI=1S/C16H27NO5/c1-5-6-7-8-9-13(18)10-16(21)22-14(11-15(19)20)12-17(2,3)4/h5-8,13-14,18H,9-12H2,1-4H3/p+1/b6-5+,8-7+. The minimum atomic E-state index is -1.01. The van der Waals surface area contributed by atoms with E-state index in [1.807, 2.05) is 40.2 Å². The van der Waals surface area contributed by atoms with Crippen LogP contribution in [0.25, 0.3) is 0 Å². The largest absolute Gasteiger partial charge is 0.481 e. The molecule has 0 saturated heterocycles. The number of likely N-dealkylation sites (N-methyl/N-ethyl adjacent to an activating group) is 1. The maximum Gasteiger partial charge on any atom is 0.308 e. The van der Waals surface area contributed by atoms with Crippen molar-refractivity contribution in [2.24, 2.45) is 0 Å². The second-order valence-electron chi connectivity index (χ2n) is 6.23. The van der Waals surface area contributed by atoms with Crippen molar-refractivity contribution >= 4 is 11.9 Å². The Morgan fingerprint density at radius 2 is 1.82 bits per heavy atom. The molecule has 22 heavy (non-hydrogen) atoms. The van der Waals surface area contributed by atoms with E-state index >= 15 is 0 Å². The summed E-state index contributed by atoms with van der Waals surface area (Å²) in [6, 6.07) is 0. The molecule has 0 amide bonds. The van der Waals surface area contributed by atoms with Crippen molar-refractivity contribution in [2.45, 2.75) is 38.4 Å². The molecule has 0 bridgehead atoms. The molecule has 2 atom stereocenters. The molecule has 0 aromatic carbocycles. The molecule has 126 valence electrons. The Hall–Kier alpha value is -1.66. The summed E-state index contributed by atoms with van der Waals surface area (Å²) in [5.41, 5.74) is 0. The molecule has 0 aromatic rings. The highest BCUT2D eigenvalue weighted by Gasteiger charge is 2.25. The van der Waals surface area contributed by atoms with Crippen molar-refractivity contribution in [3.05, 3.63) is 24.3 Å². The third kappa shape index (κ3) is 12.1. The molecular formula is C16H28NO5+. The minimum Gasteiger partial charge on any atom is -0.481 e. The predicted octanol–water partition coefficient (Wildman–Crippen LogP) is 1.35. The number of esters is 1. The molecule has 0 fully saturated rings. The topological polar surface area (TPSA) is 83.8 Å². The highest BCUT2D eigenvalue weighted by molar-refractivity contribution is 5.72. The normalized spacial score (nSPS) is 15.1. The first-order valence-corrected chi connectivity index (χ1v) is 7.31. The van der Waals surface area contributed by atoms with Crippen LogP contribution in [0.4, 0.5) is 0 Å². The van der Waals surface area contributed by atoms with E-state index in [2.05, 4.69) is 0 Å². The van der Waals surface area contributed by atoms with Gasteiger partial charge in [0, 0.05) is 0 Å². The second-order valence-corrected chi connectivity index (χ2v) is 6.23. The van der Waals surface area contributed by atoms with Crippen molar-refractivity contribution < 1.29 is 29.0 Å². The predicted molar refractivity (Wildman–Crippen MR) is 84.2 cm³/mol. The Morgan fingerprint density at radius 3 is 2.32 bits per heavy atom. The van der Waals surface area contributed by atoms with Crippen molar-refractivity contribution in [3.8, 4) is 0 Å². The lowest BCUT2D eigenvalue weighted by atomic mass is 10.1. The number of carboxylic acid groups (broad SMARTS) is 1. The third-order valence-corrected chi connectivity index (χ3v) is 2.70. The number of aliphatic carboxylic acids is 1. The van der Waals surface area contributed by atoms with E-state index in [0.717, 1.165) is 0 Å². The highest BCUT2D eigenvalue weighted by atomic mass is 16.5. The van der Waals surface area contributed by atoms with Crippen LogP contribution in [0.2, 0.25) is 0 Å². The number of aliphatic hydroxyl groups is 1. The molecule has 6 nitrogen and oxygen atoms in total. The summed E-state index contributed by atoms with van der Waals surface area (Å²) >= 11 is 0. The van der Waals surface area contributed by atoms with Crippen molar-refractivity contribution in [1.82, 2.24) is 0 Å². The van der Waals surface area contributed by atoms with Crippen LogP contribution in [0.5, 0.6) is 0 Å². The van der Waals surface area contributed by atoms with Gasteiger partial charge < -0.3 is 19.4 Å². The zero-order chi connectivity index (χ0) is 17.2. The fourth-order valence-corrected chi connectivity index (χ4v) is 1.88. The van der Waals surface area contributed by atoms with E-state index in [1.54, 1.807) is 12.2 Å². The van der Waals surface area contributed by atoms with Crippen LogP contribution in [0.1, 0.15) is 26.2 Å². The molecule has 0 heterocycles. The Balaban J connectivity index is 4.40. The molecule has 0 aliphatic heterocycles. The van der Waals surface area contributed by atoms with Gasteiger partial charge >= 0.3 is 11.9 Å². The summed E-state index contributed by atoms with van der Waals surface area (Å²) in [4.78, 5) is 22.6. The van der Waals surface area contributed by atoms with Gasteiger partial charge in [-0.1, -0.05) is 24.3 Å². The minimum absolute atomic E-state index is 0.145. The smallest absolute Gasteiger partial charge is 0.308 e. The number of hydrogen-bond acceptors (Lipinski definition) is 4.